The second-order valence-electron chi connectivity index (χ2n) is 4.36. The molecular formula is C14H16N2O3S2. The van der Waals surface area contributed by atoms with E-state index in [1.54, 1.807) is 42.8 Å². The van der Waals surface area contributed by atoms with E-state index in [4.69, 9.17) is 0 Å². The molecule has 0 aliphatic rings. The molecule has 7 heteroatoms. The van der Waals surface area contributed by atoms with Crippen LogP contribution in [0.4, 0.5) is 0 Å². The first-order valence-electron chi connectivity index (χ1n) is 6.37. The fourth-order valence-electron chi connectivity index (χ4n) is 1.83. The molecule has 2 aromatic rings. The second-order valence-corrected chi connectivity index (χ2v) is 7.30. The average molecular weight is 324 g/mol. The second kappa shape index (κ2) is 6.84. The van der Waals surface area contributed by atoms with Crippen molar-refractivity contribution >= 4 is 27.3 Å². The third-order valence-electron chi connectivity index (χ3n) is 2.88. The lowest BCUT2D eigenvalue weighted by atomic mass is 10.1. The first kappa shape index (κ1) is 15.7. The number of benzene rings is 1. The van der Waals surface area contributed by atoms with Crippen LogP contribution in [0.5, 0.6) is 0 Å². The molecule has 1 heterocycles. The van der Waals surface area contributed by atoms with Crippen molar-refractivity contribution in [3.05, 3.63) is 52.9 Å². The quantitative estimate of drug-likeness (QED) is 0.848. The van der Waals surface area contributed by atoms with E-state index in [0.717, 1.165) is 5.56 Å². The van der Waals surface area contributed by atoms with Gasteiger partial charge >= 0.3 is 0 Å². The maximum atomic E-state index is 11.9. The molecular weight excluding hydrogens is 308 g/mol. The molecule has 0 aliphatic carbocycles. The monoisotopic (exact) mass is 324 g/mol. The summed E-state index contributed by atoms with van der Waals surface area (Å²) in [6.45, 7) is 0.289. The highest BCUT2D eigenvalue weighted by Crippen LogP contribution is 2.15. The molecule has 5 nitrogen and oxygen atoms in total. The maximum absolute atomic E-state index is 11.9. The Morgan fingerprint density at radius 3 is 2.71 bits per heavy atom. The third-order valence-corrected chi connectivity index (χ3v) is 5.74. The number of sulfonamides is 1. The molecule has 1 aromatic carbocycles. The number of amides is 1. The smallest absolute Gasteiger partial charge is 0.251 e. The van der Waals surface area contributed by atoms with Crippen LogP contribution < -0.4 is 10.0 Å². The molecule has 0 aliphatic heterocycles. The highest BCUT2D eigenvalue weighted by molar-refractivity contribution is 7.91. The summed E-state index contributed by atoms with van der Waals surface area (Å²) in [4.78, 5) is 11.5. The van der Waals surface area contributed by atoms with Crippen molar-refractivity contribution in [1.29, 1.82) is 0 Å². The topological polar surface area (TPSA) is 75.3 Å². The van der Waals surface area contributed by atoms with Crippen LogP contribution in [0.3, 0.4) is 0 Å². The van der Waals surface area contributed by atoms with Crippen LogP contribution in [-0.2, 0) is 16.4 Å². The van der Waals surface area contributed by atoms with Gasteiger partial charge in [-0.3, -0.25) is 4.79 Å². The van der Waals surface area contributed by atoms with E-state index < -0.39 is 10.0 Å². The van der Waals surface area contributed by atoms with Gasteiger partial charge < -0.3 is 5.32 Å². The summed E-state index contributed by atoms with van der Waals surface area (Å²) in [6.07, 6.45) is 0.523. The predicted octanol–water partition coefficient (Wildman–Crippen LogP) is 1.63. The number of hydrogen-bond donors (Lipinski definition) is 2. The largest absolute Gasteiger partial charge is 0.355 e. The van der Waals surface area contributed by atoms with Gasteiger partial charge in [-0.25, -0.2) is 13.1 Å². The van der Waals surface area contributed by atoms with E-state index in [1.165, 1.54) is 11.3 Å². The van der Waals surface area contributed by atoms with Crippen molar-refractivity contribution in [3.8, 4) is 0 Å². The van der Waals surface area contributed by atoms with Crippen LogP contribution in [0.15, 0.2) is 46.0 Å². The normalized spacial score (nSPS) is 11.3. The summed E-state index contributed by atoms with van der Waals surface area (Å²) in [5, 5.41) is 4.28. The Morgan fingerprint density at radius 1 is 1.24 bits per heavy atom. The zero-order valence-corrected chi connectivity index (χ0v) is 13.1. The maximum Gasteiger partial charge on any atom is 0.251 e. The summed E-state index contributed by atoms with van der Waals surface area (Å²) >= 11 is 1.18. The van der Waals surface area contributed by atoms with Gasteiger partial charge in [0.25, 0.3) is 5.91 Å². The number of carbonyl (C=O) groups is 1. The molecule has 112 valence electrons. The molecule has 21 heavy (non-hydrogen) atoms. The number of rotatable bonds is 6. The van der Waals surface area contributed by atoms with Gasteiger partial charge in [-0.05, 0) is 35.6 Å². The van der Waals surface area contributed by atoms with Crippen molar-refractivity contribution in [2.75, 3.05) is 13.6 Å². The molecule has 0 bridgehead atoms. The summed E-state index contributed by atoms with van der Waals surface area (Å²) in [5.74, 6) is -0.156. The van der Waals surface area contributed by atoms with Gasteiger partial charge in [0.15, 0.2) is 0 Å². The van der Waals surface area contributed by atoms with Crippen molar-refractivity contribution in [2.45, 2.75) is 10.6 Å². The Balaban J connectivity index is 1.96. The zero-order valence-electron chi connectivity index (χ0n) is 11.5. The zero-order chi connectivity index (χ0) is 15.3. The first-order valence-corrected chi connectivity index (χ1v) is 8.73. The molecule has 2 N–H and O–H groups in total. The SMILES string of the molecule is CNC(=O)c1cccc(CCNS(=O)(=O)c2cccs2)c1. The molecule has 0 unspecified atom stereocenters. The molecule has 0 saturated carbocycles. The first-order chi connectivity index (χ1) is 10.0. The van der Waals surface area contributed by atoms with Crippen molar-refractivity contribution in [2.24, 2.45) is 0 Å². The van der Waals surface area contributed by atoms with E-state index in [9.17, 15) is 13.2 Å². The van der Waals surface area contributed by atoms with Gasteiger partial charge in [0.2, 0.25) is 10.0 Å². The average Bonchev–Trinajstić information content (AvgIpc) is 3.01. The van der Waals surface area contributed by atoms with Gasteiger partial charge in [0.05, 0.1) is 0 Å². The molecule has 0 atom stereocenters. The molecule has 0 radical (unpaired) electrons. The summed E-state index contributed by atoms with van der Waals surface area (Å²) in [6, 6.07) is 10.4. The van der Waals surface area contributed by atoms with Crippen LogP contribution >= 0.6 is 11.3 Å². The van der Waals surface area contributed by atoms with E-state index in [1.807, 2.05) is 6.07 Å². The lowest BCUT2D eigenvalue weighted by Crippen LogP contribution is -2.25. The Kier molecular flexibility index (Phi) is 5.11. The third kappa shape index (κ3) is 4.13. The number of thiophene rings is 1. The molecule has 0 saturated heterocycles. The fraction of sp³-hybridized carbons (Fsp3) is 0.214. The number of carbonyl (C=O) groups excluding carboxylic acids is 1. The molecule has 0 fully saturated rings. The van der Waals surface area contributed by atoms with Gasteiger partial charge in [0, 0.05) is 19.2 Å². The minimum atomic E-state index is -3.43. The number of hydrogen-bond acceptors (Lipinski definition) is 4. The van der Waals surface area contributed by atoms with Gasteiger partial charge in [-0.2, -0.15) is 0 Å². The van der Waals surface area contributed by atoms with Crippen LogP contribution in [0.2, 0.25) is 0 Å². The fourth-order valence-corrected chi connectivity index (χ4v) is 3.90. The van der Waals surface area contributed by atoms with Crippen molar-refractivity contribution in [3.63, 3.8) is 0 Å². The molecule has 0 spiro atoms. The van der Waals surface area contributed by atoms with Gasteiger partial charge in [-0.15, -0.1) is 11.3 Å². The van der Waals surface area contributed by atoms with Crippen molar-refractivity contribution < 1.29 is 13.2 Å². The van der Waals surface area contributed by atoms with Crippen molar-refractivity contribution in [1.82, 2.24) is 10.0 Å². The van der Waals surface area contributed by atoms with E-state index >= 15 is 0 Å². The van der Waals surface area contributed by atoms with Gasteiger partial charge in [-0.1, -0.05) is 18.2 Å². The Labute approximate surface area is 128 Å². The van der Waals surface area contributed by atoms with Crippen LogP contribution in [0.25, 0.3) is 0 Å². The molecule has 1 aromatic heterocycles. The summed E-state index contributed by atoms with van der Waals surface area (Å²) in [5.41, 5.74) is 1.47. The van der Waals surface area contributed by atoms with Gasteiger partial charge in [0.1, 0.15) is 4.21 Å². The predicted molar refractivity (Wildman–Crippen MR) is 83.0 cm³/mol. The standard InChI is InChI=1S/C14H16N2O3S2/c1-15-14(17)12-5-2-4-11(10-12)7-8-16-21(18,19)13-6-3-9-20-13/h2-6,9-10,16H,7-8H2,1H3,(H,15,17). The minimum Gasteiger partial charge on any atom is -0.355 e. The Hall–Kier alpha value is -1.70. The lowest BCUT2D eigenvalue weighted by molar-refractivity contribution is 0.0963. The van der Waals surface area contributed by atoms with E-state index in [-0.39, 0.29) is 12.5 Å². The summed E-state index contributed by atoms with van der Waals surface area (Å²) < 4.78 is 26.7. The highest BCUT2D eigenvalue weighted by Gasteiger charge is 2.14. The highest BCUT2D eigenvalue weighted by atomic mass is 32.2. The molecule has 1 amide bonds. The Morgan fingerprint density at radius 2 is 2.05 bits per heavy atom. The van der Waals surface area contributed by atoms with E-state index in [0.29, 0.717) is 16.2 Å². The van der Waals surface area contributed by atoms with Crippen LogP contribution in [0, 0.1) is 0 Å². The molecule has 2 rings (SSSR count). The van der Waals surface area contributed by atoms with Crippen LogP contribution in [-0.4, -0.2) is 27.9 Å². The lowest BCUT2D eigenvalue weighted by Gasteiger charge is -2.06. The van der Waals surface area contributed by atoms with Crippen LogP contribution in [0.1, 0.15) is 15.9 Å². The minimum absolute atomic E-state index is 0.156. The summed E-state index contributed by atoms with van der Waals surface area (Å²) in [7, 11) is -1.86. The number of nitrogens with one attached hydrogen (secondary N) is 2. The van der Waals surface area contributed by atoms with E-state index in [2.05, 4.69) is 10.0 Å². The Bertz CT molecular complexity index is 710.